The van der Waals surface area contributed by atoms with Gasteiger partial charge < -0.3 is 30.8 Å². The number of carbonyl (C=O) groups excluding carboxylic acids is 3. The number of unbranched alkanes of at least 4 members (excludes halogenated alkanes) is 7. The molecular formula is C23H45BrN3O8P. The Bertz CT molecular complexity index is 705. The molecular weight excluding hydrogens is 557 g/mol. The van der Waals surface area contributed by atoms with E-state index in [2.05, 4.69) is 43.3 Å². The van der Waals surface area contributed by atoms with E-state index in [-0.39, 0.29) is 42.7 Å². The number of carbonyl (C=O) groups is 3. The van der Waals surface area contributed by atoms with Gasteiger partial charge in [-0.25, -0.2) is 4.57 Å². The molecule has 0 aromatic rings. The molecule has 0 fully saturated rings. The van der Waals surface area contributed by atoms with E-state index in [9.17, 15) is 24.1 Å². The first-order chi connectivity index (χ1) is 16.8. The lowest BCUT2D eigenvalue weighted by Crippen LogP contribution is -2.46. The van der Waals surface area contributed by atoms with Crippen LogP contribution in [0.5, 0.6) is 0 Å². The number of alkyl halides is 1. The third kappa shape index (κ3) is 18.2. The quantitative estimate of drug-likeness (QED) is 0.0660. The number of hydrogen-bond donors (Lipinski definition) is 6. The summed E-state index contributed by atoms with van der Waals surface area (Å²) in [5.41, 5.74) is -1.26. The highest BCUT2D eigenvalue weighted by molar-refractivity contribution is 9.10. The van der Waals surface area contributed by atoms with E-state index in [1.807, 2.05) is 0 Å². The Balaban J connectivity index is 3.93. The van der Waals surface area contributed by atoms with Gasteiger partial charge in [0.25, 0.3) is 0 Å². The molecule has 212 valence electrons. The zero-order chi connectivity index (χ0) is 27.6. The smallest absolute Gasteiger partial charge is 0.383 e. The highest BCUT2D eigenvalue weighted by atomic mass is 79.9. The number of amides is 3. The van der Waals surface area contributed by atoms with Crippen LogP contribution in [0.3, 0.4) is 0 Å². The third-order valence-electron chi connectivity index (χ3n) is 5.59. The summed E-state index contributed by atoms with van der Waals surface area (Å²) in [6, 6.07) is 0. The topological polar surface area (TPSA) is 174 Å². The molecule has 0 spiro atoms. The predicted molar refractivity (Wildman–Crippen MR) is 141 cm³/mol. The second kappa shape index (κ2) is 19.1. The predicted octanol–water partition coefficient (Wildman–Crippen LogP) is 2.52. The molecule has 0 radical (unpaired) electrons. The molecule has 2 unspecified atom stereocenters. The van der Waals surface area contributed by atoms with Crippen molar-refractivity contribution in [3.63, 3.8) is 0 Å². The maximum Gasteiger partial charge on any atom is 0.469 e. The summed E-state index contributed by atoms with van der Waals surface area (Å²) in [5.74, 6) is -1.23. The zero-order valence-electron chi connectivity index (χ0n) is 21.8. The number of hydrogen-bond acceptors (Lipinski definition) is 6. The molecule has 0 aliphatic carbocycles. The van der Waals surface area contributed by atoms with Crippen molar-refractivity contribution in [1.29, 1.82) is 0 Å². The molecule has 0 aliphatic rings. The summed E-state index contributed by atoms with van der Waals surface area (Å²) in [4.78, 5) is 53.4. The summed E-state index contributed by atoms with van der Waals surface area (Å²) in [5, 5.41) is 17.9. The molecule has 6 N–H and O–H groups in total. The molecule has 0 aliphatic heterocycles. The van der Waals surface area contributed by atoms with Gasteiger partial charge in [0, 0.05) is 31.5 Å². The lowest BCUT2D eigenvalue weighted by atomic mass is 9.87. The SMILES string of the molecule is CCCCCCCCCCC(Br)C(=O)NCCNC(=O)CCNC(=O)C(O)C(C)(C)COP(=O)(O)O. The van der Waals surface area contributed by atoms with Gasteiger partial charge in [0.1, 0.15) is 6.10 Å². The molecule has 0 saturated carbocycles. The number of rotatable bonds is 21. The number of aliphatic hydroxyl groups is 1. The zero-order valence-corrected chi connectivity index (χ0v) is 24.2. The molecule has 0 aromatic heterocycles. The Kier molecular flexibility index (Phi) is 18.5. The fourth-order valence-electron chi connectivity index (χ4n) is 3.26. The Morgan fingerprint density at radius 3 is 2.00 bits per heavy atom. The monoisotopic (exact) mass is 601 g/mol. The van der Waals surface area contributed by atoms with Gasteiger partial charge in [-0.15, -0.1) is 0 Å². The first kappa shape index (κ1) is 35.0. The van der Waals surface area contributed by atoms with Crippen molar-refractivity contribution in [2.24, 2.45) is 5.41 Å². The molecule has 2 atom stereocenters. The van der Waals surface area contributed by atoms with Crippen LogP contribution in [-0.4, -0.2) is 69.8 Å². The Hall–Kier alpha value is -1.04. The fourth-order valence-corrected chi connectivity index (χ4v) is 4.24. The molecule has 0 rings (SSSR count). The van der Waals surface area contributed by atoms with Crippen LogP contribution in [0.15, 0.2) is 0 Å². The molecule has 0 bridgehead atoms. The minimum Gasteiger partial charge on any atom is -0.383 e. The van der Waals surface area contributed by atoms with Crippen molar-refractivity contribution in [3.8, 4) is 0 Å². The van der Waals surface area contributed by atoms with Crippen LogP contribution in [0.1, 0.15) is 85.0 Å². The molecule has 3 amide bonds. The molecule has 0 saturated heterocycles. The first-order valence-corrected chi connectivity index (χ1v) is 15.1. The van der Waals surface area contributed by atoms with E-state index in [1.54, 1.807) is 0 Å². The largest absolute Gasteiger partial charge is 0.469 e. The third-order valence-corrected chi connectivity index (χ3v) is 6.93. The Morgan fingerprint density at radius 1 is 0.889 bits per heavy atom. The summed E-state index contributed by atoms with van der Waals surface area (Å²) in [6.45, 7) is 4.99. The van der Waals surface area contributed by atoms with E-state index in [0.717, 1.165) is 19.3 Å². The lowest BCUT2D eigenvalue weighted by molar-refractivity contribution is -0.137. The van der Waals surface area contributed by atoms with Crippen molar-refractivity contribution in [2.45, 2.75) is 95.9 Å². The van der Waals surface area contributed by atoms with Gasteiger partial charge in [0.15, 0.2) is 0 Å². The van der Waals surface area contributed by atoms with Crippen LogP contribution in [0.25, 0.3) is 0 Å². The molecule has 0 heterocycles. The highest BCUT2D eigenvalue weighted by Gasteiger charge is 2.35. The van der Waals surface area contributed by atoms with E-state index in [4.69, 9.17) is 9.79 Å². The average Bonchev–Trinajstić information content (AvgIpc) is 2.80. The van der Waals surface area contributed by atoms with Gasteiger partial charge in [-0.05, 0) is 6.42 Å². The van der Waals surface area contributed by atoms with Gasteiger partial charge in [0.05, 0.1) is 11.4 Å². The first-order valence-electron chi connectivity index (χ1n) is 12.6. The standard InChI is InChI=1S/C23H45BrN3O8P/c1-4-5-6-7-8-9-10-11-12-18(24)21(30)27-16-15-25-19(28)13-14-26-22(31)20(29)23(2,3)17-35-36(32,33)34/h18,20,29H,4-17H2,1-3H3,(H,25,28)(H,26,31)(H,27,30)(H2,32,33,34). The second-order valence-electron chi connectivity index (χ2n) is 9.57. The molecule has 11 nitrogen and oxygen atoms in total. The van der Waals surface area contributed by atoms with Crippen molar-refractivity contribution >= 4 is 41.5 Å². The highest BCUT2D eigenvalue weighted by Crippen LogP contribution is 2.38. The summed E-state index contributed by atoms with van der Waals surface area (Å²) in [7, 11) is -4.73. The van der Waals surface area contributed by atoms with E-state index >= 15 is 0 Å². The minimum atomic E-state index is -4.73. The van der Waals surface area contributed by atoms with Gasteiger partial charge in [0.2, 0.25) is 17.7 Å². The summed E-state index contributed by atoms with van der Waals surface area (Å²) < 4.78 is 15.2. The van der Waals surface area contributed by atoms with Gasteiger partial charge >= 0.3 is 7.82 Å². The summed E-state index contributed by atoms with van der Waals surface area (Å²) >= 11 is 3.41. The number of phosphoric acid groups is 1. The van der Waals surface area contributed by atoms with Crippen LogP contribution >= 0.6 is 23.8 Å². The van der Waals surface area contributed by atoms with Gasteiger partial charge in [-0.2, -0.15) is 0 Å². The Labute approximate surface area is 223 Å². The van der Waals surface area contributed by atoms with Crippen LogP contribution in [-0.2, 0) is 23.5 Å². The minimum absolute atomic E-state index is 0.0361. The van der Waals surface area contributed by atoms with E-state index < -0.39 is 31.9 Å². The number of halogens is 1. The van der Waals surface area contributed by atoms with Crippen LogP contribution < -0.4 is 16.0 Å². The van der Waals surface area contributed by atoms with E-state index in [1.165, 1.54) is 52.4 Å². The van der Waals surface area contributed by atoms with Gasteiger partial charge in [-0.1, -0.05) is 88.1 Å². The number of nitrogens with one attached hydrogen (secondary N) is 3. The molecule has 0 aromatic carbocycles. The van der Waals surface area contributed by atoms with Crippen LogP contribution in [0.2, 0.25) is 0 Å². The maximum absolute atomic E-state index is 12.1. The number of phosphoric ester groups is 1. The second-order valence-corrected chi connectivity index (χ2v) is 11.9. The number of aliphatic hydroxyl groups excluding tert-OH is 1. The van der Waals surface area contributed by atoms with Crippen molar-refractivity contribution in [3.05, 3.63) is 0 Å². The maximum atomic E-state index is 12.1. The van der Waals surface area contributed by atoms with Gasteiger partial charge in [-0.3, -0.25) is 18.9 Å². The van der Waals surface area contributed by atoms with Crippen molar-refractivity contribution in [2.75, 3.05) is 26.2 Å². The molecule has 36 heavy (non-hydrogen) atoms. The van der Waals surface area contributed by atoms with Crippen LogP contribution in [0, 0.1) is 5.41 Å². The van der Waals surface area contributed by atoms with Crippen molar-refractivity contribution in [1.82, 2.24) is 16.0 Å². The average molecular weight is 603 g/mol. The normalized spacial score (nSPS) is 13.6. The van der Waals surface area contributed by atoms with Crippen LogP contribution in [0.4, 0.5) is 0 Å². The molecule has 13 heteroatoms. The van der Waals surface area contributed by atoms with E-state index in [0.29, 0.717) is 0 Å². The lowest BCUT2D eigenvalue weighted by Gasteiger charge is -2.29. The summed E-state index contributed by atoms with van der Waals surface area (Å²) in [6.07, 6.45) is 8.80. The Morgan fingerprint density at radius 2 is 1.42 bits per heavy atom. The fraction of sp³-hybridized carbons (Fsp3) is 0.870. The van der Waals surface area contributed by atoms with Crippen molar-refractivity contribution < 1.29 is 38.4 Å².